The van der Waals surface area contributed by atoms with Crippen molar-refractivity contribution in [2.75, 3.05) is 18.0 Å². The first-order chi connectivity index (χ1) is 8.77. The average Bonchev–Trinajstić information content (AvgIpc) is 2.75. The number of hydrogen-bond acceptors (Lipinski definition) is 1. The van der Waals surface area contributed by atoms with Crippen LogP contribution in [0.4, 0.5) is 10.5 Å². The number of fused-ring (bicyclic) bond motifs is 1. The van der Waals surface area contributed by atoms with Crippen LogP contribution in [0.1, 0.15) is 31.7 Å². The lowest BCUT2D eigenvalue weighted by molar-refractivity contribution is 0.191. The van der Waals surface area contributed by atoms with Crippen LogP contribution in [0.2, 0.25) is 0 Å². The maximum atomic E-state index is 12.6. The van der Waals surface area contributed by atoms with E-state index in [1.54, 1.807) is 0 Å². The molecule has 2 aliphatic heterocycles. The number of carbonyl (C=O) groups excluding carboxylic acids is 1. The molecule has 0 N–H and O–H groups in total. The quantitative estimate of drug-likeness (QED) is 0.688. The number of amides is 2. The first-order valence-corrected chi connectivity index (χ1v) is 6.93. The number of benzene rings is 1. The molecule has 2 aliphatic rings. The van der Waals surface area contributed by atoms with Gasteiger partial charge in [0.05, 0.1) is 0 Å². The summed E-state index contributed by atoms with van der Waals surface area (Å²) in [5, 5.41) is 0. The first kappa shape index (κ1) is 11.6. The molecule has 1 unspecified atom stereocenters. The van der Waals surface area contributed by atoms with E-state index in [0.29, 0.717) is 0 Å². The molecule has 3 rings (SSSR count). The van der Waals surface area contributed by atoms with E-state index in [4.69, 9.17) is 0 Å². The normalized spacial score (nSPS) is 23.1. The summed E-state index contributed by atoms with van der Waals surface area (Å²) in [6, 6.07) is 8.77. The van der Waals surface area contributed by atoms with Gasteiger partial charge in [0.15, 0.2) is 0 Å². The summed E-state index contributed by atoms with van der Waals surface area (Å²) < 4.78 is 0. The molecule has 3 nitrogen and oxygen atoms in total. The van der Waals surface area contributed by atoms with Crippen LogP contribution >= 0.6 is 0 Å². The number of urea groups is 1. The number of para-hydroxylation sites is 1. The van der Waals surface area contributed by atoms with Crippen LogP contribution in [0.3, 0.4) is 0 Å². The van der Waals surface area contributed by atoms with Gasteiger partial charge in [-0.05, 0) is 44.2 Å². The van der Waals surface area contributed by atoms with Crippen LogP contribution in [0.25, 0.3) is 0 Å². The second kappa shape index (κ2) is 4.63. The Bertz CT molecular complexity index is 452. The number of anilines is 1. The maximum Gasteiger partial charge on any atom is 0.324 e. The number of carbonyl (C=O) groups is 1. The molecule has 0 aromatic heterocycles. The predicted molar refractivity (Wildman–Crippen MR) is 72.9 cm³/mol. The predicted octanol–water partition coefficient (Wildman–Crippen LogP) is 3.04. The number of likely N-dealkylation sites (tertiary alicyclic amines) is 1. The van der Waals surface area contributed by atoms with Crippen molar-refractivity contribution in [3.8, 4) is 0 Å². The Labute approximate surface area is 108 Å². The summed E-state index contributed by atoms with van der Waals surface area (Å²) in [6.45, 7) is 3.98. The summed E-state index contributed by atoms with van der Waals surface area (Å²) >= 11 is 0. The van der Waals surface area contributed by atoms with Crippen molar-refractivity contribution < 1.29 is 4.79 Å². The smallest absolute Gasteiger partial charge is 0.324 e. The summed E-state index contributed by atoms with van der Waals surface area (Å²) in [5.41, 5.74) is 2.41. The topological polar surface area (TPSA) is 23.6 Å². The summed E-state index contributed by atoms with van der Waals surface area (Å²) in [7, 11) is 0. The van der Waals surface area contributed by atoms with Crippen molar-refractivity contribution in [1.82, 2.24) is 4.90 Å². The third kappa shape index (κ3) is 1.88. The SMILES string of the molecule is CC1Cc2ccccc2N1C(=O)N1CCCCC1. The zero-order valence-electron chi connectivity index (χ0n) is 10.9. The van der Waals surface area contributed by atoms with Crippen LogP contribution in [0.15, 0.2) is 24.3 Å². The monoisotopic (exact) mass is 244 g/mol. The third-order valence-corrected chi connectivity index (χ3v) is 4.04. The highest BCUT2D eigenvalue weighted by Crippen LogP contribution is 2.33. The zero-order chi connectivity index (χ0) is 12.5. The van der Waals surface area contributed by atoms with Crippen molar-refractivity contribution >= 4 is 11.7 Å². The fraction of sp³-hybridized carbons (Fsp3) is 0.533. The Hall–Kier alpha value is -1.51. The number of nitrogens with zero attached hydrogens (tertiary/aromatic N) is 2. The molecular weight excluding hydrogens is 224 g/mol. The Balaban J connectivity index is 1.85. The van der Waals surface area contributed by atoms with E-state index in [1.807, 2.05) is 15.9 Å². The minimum absolute atomic E-state index is 0.201. The van der Waals surface area contributed by atoms with Crippen molar-refractivity contribution in [2.45, 2.75) is 38.6 Å². The standard InChI is InChI=1S/C15H20N2O/c1-12-11-13-7-3-4-8-14(13)17(12)15(18)16-9-5-2-6-10-16/h3-4,7-8,12H,2,5-6,9-11H2,1H3. The van der Waals surface area contributed by atoms with Crippen molar-refractivity contribution in [3.63, 3.8) is 0 Å². The van der Waals surface area contributed by atoms with Gasteiger partial charge in [0, 0.05) is 24.8 Å². The lowest BCUT2D eigenvalue weighted by Crippen LogP contribution is -2.47. The number of hydrogen-bond donors (Lipinski definition) is 0. The molecule has 0 spiro atoms. The van der Waals surface area contributed by atoms with Crippen molar-refractivity contribution in [1.29, 1.82) is 0 Å². The van der Waals surface area contributed by atoms with Gasteiger partial charge in [-0.1, -0.05) is 18.2 Å². The molecule has 3 heteroatoms. The highest BCUT2D eigenvalue weighted by Gasteiger charge is 2.33. The van der Waals surface area contributed by atoms with Crippen LogP contribution in [0, 0.1) is 0 Å². The molecule has 2 amide bonds. The van der Waals surface area contributed by atoms with E-state index in [2.05, 4.69) is 25.1 Å². The lowest BCUT2D eigenvalue weighted by atomic mass is 10.1. The summed E-state index contributed by atoms with van der Waals surface area (Å²) in [4.78, 5) is 16.6. The molecule has 0 aliphatic carbocycles. The molecule has 1 aromatic carbocycles. The molecule has 1 atom stereocenters. The fourth-order valence-electron chi connectivity index (χ4n) is 3.09. The number of piperidine rings is 1. The van der Waals surface area contributed by atoms with Gasteiger partial charge in [0.2, 0.25) is 0 Å². The summed E-state index contributed by atoms with van der Waals surface area (Å²) in [5.74, 6) is 0. The Morgan fingerprint density at radius 2 is 1.89 bits per heavy atom. The van der Waals surface area contributed by atoms with Crippen LogP contribution in [-0.2, 0) is 6.42 Å². The van der Waals surface area contributed by atoms with E-state index in [9.17, 15) is 4.79 Å². The van der Waals surface area contributed by atoms with Crippen molar-refractivity contribution in [3.05, 3.63) is 29.8 Å². The van der Waals surface area contributed by atoms with E-state index >= 15 is 0 Å². The molecule has 0 saturated carbocycles. The maximum absolute atomic E-state index is 12.6. The Kier molecular flexibility index (Phi) is 2.98. The van der Waals surface area contributed by atoms with Gasteiger partial charge in [0.1, 0.15) is 0 Å². The number of rotatable bonds is 0. The molecule has 1 fully saturated rings. The molecule has 1 saturated heterocycles. The van der Waals surface area contributed by atoms with Gasteiger partial charge >= 0.3 is 6.03 Å². The van der Waals surface area contributed by atoms with Gasteiger partial charge in [-0.25, -0.2) is 4.79 Å². The van der Waals surface area contributed by atoms with Crippen LogP contribution in [0.5, 0.6) is 0 Å². The minimum atomic E-state index is 0.201. The second-order valence-corrected chi connectivity index (χ2v) is 5.38. The molecule has 0 radical (unpaired) electrons. The largest absolute Gasteiger partial charge is 0.324 e. The minimum Gasteiger partial charge on any atom is -0.324 e. The molecule has 1 aromatic rings. The Morgan fingerprint density at radius 3 is 2.67 bits per heavy atom. The second-order valence-electron chi connectivity index (χ2n) is 5.38. The zero-order valence-corrected chi connectivity index (χ0v) is 10.9. The van der Waals surface area contributed by atoms with Gasteiger partial charge in [0.25, 0.3) is 0 Å². The molecule has 18 heavy (non-hydrogen) atoms. The van der Waals surface area contributed by atoms with Crippen molar-refractivity contribution in [2.24, 2.45) is 0 Å². The van der Waals surface area contributed by atoms with Crippen LogP contribution < -0.4 is 4.90 Å². The van der Waals surface area contributed by atoms with E-state index in [0.717, 1.165) is 38.0 Å². The van der Waals surface area contributed by atoms with Gasteiger partial charge in [-0.3, -0.25) is 4.90 Å². The van der Waals surface area contributed by atoms with Gasteiger partial charge < -0.3 is 4.90 Å². The first-order valence-electron chi connectivity index (χ1n) is 6.93. The van der Waals surface area contributed by atoms with E-state index in [1.165, 1.54) is 12.0 Å². The van der Waals surface area contributed by atoms with E-state index < -0.39 is 0 Å². The highest BCUT2D eigenvalue weighted by atomic mass is 16.2. The molecule has 2 heterocycles. The average molecular weight is 244 g/mol. The Morgan fingerprint density at radius 1 is 1.17 bits per heavy atom. The molecular formula is C15H20N2O. The molecule has 0 bridgehead atoms. The summed E-state index contributed by atoms with van der Waals surface area (Å²) in [6.07, 6.45) is 4.54. The molecule has 96 valence electrons. The van der Waals surface area contributed by atoms with E-state index in [-0.39, 0.29) is 12.1 Å². The van der Waals surface area contributed by atoms with Gasteiger partial charge in [-0.15, -0.1) is 0 Å². The third-order valence-electron chi connectivity index (χ3n) is 4.04. The fourth-order valence-corrected chi connectivity index (χ4v) is 3.09. The van der Waals surface area contributed by atoms with Gasteiger partial charge in [-0.2, -0.15) is 0 Å². The highest BCUT2D eigenvalue weighted by molar-refractivity contribution is 5.95. The lowest BCUT2D eigenvalue weighted by Gasteiger charge is -2.33. The van der Waals surface area contributed by atoms with Crippen LogP contribution in [-0.4, -0.2) is 30.1 Å².